The zero-order valence-corrected chi connectivity index (χ0v) is 9.92. The predicted octanol–water partition coefficient (Wildman–Crippen LogP) is 2.83. The molecule has 0 aliphatic rings. The first-order valence-corrected chi connectivity index (χ1v) is 5.17. The van der Waals surface area contributed by atoms with Crippen LogP contribution in [0.5, 0.6) is 5.75 Å². The van der Waals surface area contributed by atoms with Gasteiger partial charge < -0.3 is 15.0 Å². The van der Waals surface area contributed by atoms with Crippen LogP contribution in [0.15, 0.2) is 27.2 Å². The van der Waals surface area contributed by atoms with E-state index >= 15 is 0 Å². The van der Waals surface area contributed by atoms with Crippen molar-refractivity contribution in [1.29, 1.82) is 0 Å². The highest BCUT2D eigenvalue weighted by Gasteiger charge is 2.18. The van der Waals surface area contributed by atoms with Crippen molar-refractivity contribution in [3.05, 3.63) is 28.5 Å². The molecular weight excluding hydrogens is 279 g/mol. The number of ether oxygens (including phenoxy) is 1. The van der Waals surface area contributed by atoms with Gasteiger partial charge in [-0.15, -0.1) is 0 Å². The first-order chi connectivity index (χ1) is 7.63. The predicted molar refractivity (Wildman–Crippen MR) is 60.6 cm³/mol. The van der Waals surface area contributed by atoms with E-state index in [0.29, 0.717) is 15.8 Å². The summed E-state index contributed by atoms with van der Waals surface area (Å²) in [5.74, 6) is 0.190. The van der Waals surface area contributed by atoms with Gasteiger partial charge in [0, 0.05) is 10.5 Å². The number of methoxy groups -OCH3 is 1. The van der Waals surface area contributed by atoms with E-state index in [1.54, 1.807) is 6.07 Å². The fourth-order valence-corrected chi connectivity index (χ4v) is 1.88. The van der Waals surface area contributed by atoms with Crippen LogP contribution in [0.25, 0.3) is 11.3 Å². The standard InChI is InChI=1S/C10H8BrFN2O2/c1-15-10-6(12)3-2-5(11)9(10)7-4-8(13)14-16-7/h2-4H,1H3,(H2,13,14). The number of hydrogen-bond donors (Lipinski definition) is 1. The first kappa shape index (κ1) is 10.9. The van der Waals surface area contributed by atoms with Crippen LogP contribution >= 0.6 is 15.9 Å². The van der Waals surface area contributed by atoms with E-state index in [-0.39, 0.29) is 11.6 Å². The molecule has 1 aromatic heterocycles. The Hall–Kier alpha value is -1.56. The molecule has 84 valence electrons. The zero-order valence-electron chi connectivity index (χ0n) is 8.33. The number of nitrogens with zero attached hydrogens (tertiary/aromatic N) is 1. The molecule has 1 heterocycles. The highest BCUT2D eigenvalue weighted by molar-refractivity contribution is 9.10. The van der Waals surface area contributed by atoms with Crippen LogP contribution < -0.4 is 10.5 Å². The Morgan fingerprint density at radius 2 is 2.25 bits per heavy atom. The quantitative estimate of drug-likeness (QED) is 0.922. The highest BCUT2D eigenvalue weighted by atomic mass is 79.9. The smallest absolute Gasteiger partial charge is 0.174 e. The van der Waals surface area contributed by atoms with E-state index in [2.05, 4.69) is 21.1 Å². The lowest BCUT2D eigenvalue weighted by Crippen LogP contribution is -1.92. The van der Waals surface area contributed by atoms with E-state index in [1.807, 2.05) is 0 Å². The van der Waals surface area contributed by atoms with Gasteiger partial charge in [0.05, 0.1) is 12.7 Å². The molecule has 0 atom stereocenters. The van der Waals surface area contributed by atoms with Crippen molar-refractivity contribution >= 4 is 21.7 Å². The van der Waals surface area contributed by atoms with Crippen molar-refractivity contribution in [2.75, 3.05) is 12.8 Å². The molecule has 1 aromatic carbocycles. The summed E-state index contributed by atoms with van der Waals surface area (Å²) < 4.78 is 24.1. The van der Waals surface area contributed by atoms with Crippen LogP contribution in [0.1, 0.15) is 0 Å². The minimum Gasteiger partial charge on any atom is -0.493 e. The molecule has 16 heavy (non-hydrogen) atoms. The first-order valence-electron chi connectivity index (χ1n) is 4.38. The van der Waals surface area contributed by atoms with E-state index in [4.69, 9.17) is 15.0 Å². The second kappa shape index (κ2) is 4.13. The van der Waals surface area contributed by atoms with Gasteiger partial charge >= 0.3 is 0 Å². The van der Waals surface area contributed by atoms with Gasteiger partial charge in [-0.25, -0.2) is 4.39 Å². The van der Waals surface area contributed by atoms with Gasteiger partial charge in [0.25, 0.3) is 0 Å². The summed E-state index contributed by atoms with van der Waals surface area (Å²) in [4.78, 5) is 0. The number of hydrogen-bond acceptors (Lipinski definition) is 4. The largest absolute Gasteiger partial charge is 0.493 e. The average molecular weight is 287 g/mol. The van der Waals surface area contributed by atoms with E-state index in [9.17, 15) is 4.39 Å². The van der Waals surface area contributed by atoms with Gasteiger partial charge in [-0.3, -0.25) is 0 Å². The molecule has 2 rings (SSSR count). The Morgan fingerprint density at radius 3 is 2.81 bits per heavy atom. The molecule has 6 heteroatoms. The average Bonchev–Trinajstić information content (AvgIpc) is 2.67. The van der Waals surface area contributed by atoms with Crippen LogP contribution in [0.3, 0.4) is 0 Å². The number of aromatic nitrogens is 1. The molecule has 2 aromatic rings. The SMILES string of the molecule is COc1c(F)ccc(Br)c1-c1cc(N)no1. The highest BCUT2D eigenvalue weighted by Crippen LogP contribution is 2.38. The third-order valence-corrected chi connectivity index (χ3v) is 2.70. The van der Waals surface area contributed by atoms with E-state index in [0.717, 1.165) is 0 Å². The minimum absolute atomic E-state index is 0.0884. The number of nitrogen functional groups attached to an aromatic ring is 1. The Balaban J connectivity index is 2.67. The van der Waals surface area contributed by atoms with Crippen molar-refractivity contribution in [2.45, 2.75) is 0 Å². The maximum atomic E-state index is 13.5. The molecule has 0 bridgehead atoms. The Labute approximate surface area is 99.3 Å². The topological polar surface area (TPSA) is 61.3 Å². The van der Waals surface area contributed by atoms with E-state index in [1.165, 1.54) is 19.2 Å². The van der Waals surface area contributed by atoms with Crippen LogP contribution in [0.4, 0.5) is 10.2 Å². The number of halogens is 2. The van der Waals surface area contributed by atoms with Gasteiger partial charge in [0.2, 0.25) is 0 Å². The second-order valence-corrected chi connectivity index (χ2v) is 3.91. The molecule has 0 aliphatic carbocycles. The van der Waals surface area contributed by atoms with Gasteiger partial charge in [0.1, 0.15) is 0 Å². The molecule has 0 saturated carbocycles. The number of rotatable bonds is 2. The van der Waals surface area contributed by atoms with Gasteiger partial charge in [0.15, 0.2) is 23.1 Å². The van der Waals surface area contributed by atoms with Crippen molar-refractivity contribution in [2.24, 2.45) is 0 Å². The van der Waals surface area contributed by atoms with Gasteiger partial charge in [-0.1, -0.05) is 5.16 Å². The number of anilines is 1. The lowest BCUT2D eigenvalue weighted by Gasteiger charge is -2.08. The zero-order chi connectivity index (χ0) is 11.7. The summed E-state index contributed by atoms with van der Waals surface area (Å²) in [6.07, 6.45) is 0. The van der Waals surface area contributed by atoms with Crippen LogP contribution in [0, 0.1) is 5.82 Å². The van der Waals surface area contributed by atoms with Gasteiger partial charge in [-0.05, 0) is 28.1 Å². The summed E-state index contributed by atoms with van der Waals surface area (Å²) in [5.41, 5.74) is 5.89. The molecular formula is C10H8BrFN2O2. The molecule has 0 unspecified atom stereocenters. The monoisotopic (exact) mass is 286 g/mol. The molecule has 0 saturated heterocycles. The minimum atomic E-state index is -0.476. The van der Waals surface area contributed by atoms with Crippen molar-refractivity contribution < 1.29 is 13.7 Å². The molecule has 2 N–H and O–H groups in total. The molecule has 0 aliphatic heterocycles. The fourth-order valence-electron chi connectivity index (χ4n) is 1.37. The van der Waals surface area contributed by atoms with Crippen LogP contribution in [-0.2, 0) is 0 Å². The maximum absolute atomic E-state index is 13.5. The summed E-state index contributed by atoms with van der Waals surface area (Å²) in [6.45, 7) is 0. The lowest BCUT2D eigenvalue weighted by molar-refractivity contribution is 0.382. The second-order valence-electron chi connectivity index (χ2n) is 3.05. The third-order valence-electron chi connectivity index (χ3n) is 2.04. The van der Waals surface area contributed by atoms with E-state index < -0.39 is 5.82 Å². The summed E-state index contributed by atoms with van der Waals surface area (Å²) >= 11 is 3.29. The number of benzene rings is 1. The van der Waals surface area contributed by atoms with Crippen LogP contribution in [0.2, 0.25) is 0 Å². The van der Waals surface area contributed by atoms with Crippen LogP contribution in [-0.4, -0.2) is 12.3 Å². The fraction of sp³-hybridized carbons (Fsp3) is 0.100. The lowest BCUT2D eigenvalue weighted by atomic mass is 10.1. The van der Waals surface area contributed by atoms with Gasteiger partial charge in [-0.2, -0.15) is 0 Å². The molecule has 4 nitrogen and oxygen atoms in total. The molecule has 0 spiro atoms. The Morgan fingerprint density at radius 1 is 1.50 bits per heavy atom. The summed E-state index contributed by atoms with van der Waals surface area (Å²) in [7, 11) is 1.38. The molecule has 0 radical (unpaired) electrons. The molecule has 0 fully saturated rings. The van der Waals surface area contributed by atoms with Crippen molar-refractivity contribution in [1.82, 2.24) is 5.16 Å². The Bertz CT molecular complexity index is 528. The van der Waals surface area contributed by atoms with Crippen molar-refractivity contribution in [3.63, 3.8) is 0 Å². The third kappa shape index (κ3) is 1.76. The normalized spacial score (nSPS) is 10.4. The van der Waals surface area contributed by atoms with Crippen molar-refractivity contribution in [3.8, 4) is 17.1 Å². The number of nitrogens with two attached hydrogens (primary N) is 1. The summed E-state index contributed by atoms with van der Waals surface area (Å²) in [5, 5.41) is 3.54. The summed E-state index contributed by atoms with van der Waals surface area (Å²) in [6, 6.07) is 4.36. The molecule has 0 amide bonds. The Kier molecular flexibility index (Phi) is 2.82. The maximum Gasteiger partial charge on any atom is 0.174 e.